The predicted octanol–water partition coefficient (Wildman–Crippen LogP) is 3.16. The SMILES string of the molecule is O=C(NCc1ccccc1)N1CCC2(CCCC2)C1. The molecule has 1 saturated heterocycles. The maximum atomic E-state index is 12.2. The molecule has 0 bridgehead atoms. The molecule has 3 rings (SSSR count). The van der Waals surface area contributed by atoms with E-state index in [2.05, 4.69) is 5.32 Å². The van der Waals surface area contributed by atoms with Gasteiger partial charge in [0, 0.05) is 19.6 Å². The third-order valence-corrected chi connectivity index (χ3v) is 4.68. The highest BCUT2D eigenvalue weighted by Crippen LogP contribution is 2.45. The average Bonchev–Trinajstić information content (AvgIpc) is 3.08. The van der Waals surface area contributed by atoms with E-state index in [1.54, 1.807) is 0 Å². The number of benzene rings is 1. The molecule has 1 N–H and O–H groups in total. The molecule has 19 heavy (non-hydrogen) atoms. The Balaban J connectivity index is 1.51. The number of urea groups is 1. The minimum atomic E-state index is 0.104. The van der Waals surface area contributed by atoms with Crippen LogP contribution in [-0.4, -0.2) is 24.0 Å². The van der Waals surface area contributed by atoms with Crippen molar-refractivity contribution in [3.8, 4) is 0 Å². The molecule has 0 unspecified atom stereocenters. The van der Waals surface area contributed by atoms with E-state index in [0.29, 0.717) is 12.0 Å². The Labute approximate surface area is 115 Å². The molecule has 3 nitrogen and oxygen atoms in total. The second kappa shape index (κ2) is 5.24. The number of carbonyl (C=O) groups is 1. The first-order valence-corrected chi connectivity index (χ1v) is 7.34. The fourth-order valence-corrected chi connectivity index (χ4v) is 3.53. The fraction of sp³-hybridized carbons (Fsp3) is 0.562. The number of nitrogens with zero attached hydrogens (tertiary/aromatic N) is 1. The van der Waals surface area contributed by atoms with Gasteiger partial charge in [0.05, 0.1) is 0 Å². The first kappa shape index (κ1) is 12.5. The summed E-state index contributed by atoms with van der Waals surface area (Å²) in [5.74, 6) is 0. The van der Waals surface area contributed by atoms with Crippen LogP contribution in [0.4, 0.5) is 4.79 Å². The highest BCUT2D eigenvalue weighted by Gasteiger charge is 2.41. The smallest absolute Gasteiger partial charge is 0.317 e. The summed E-state index contributed by atoms with van der Waals surface area (Å²) >= 11 is 0. The first-order chi connectivity index (χ1) is 9.27. The van der Waals surface area contributed by atoms with Gasteiger partial charge in [0.25, 0.3) is 0 Å². The van der Waals surface area contributed by atoms with E-state index in [-0.39, 0.29) is 6.03 Å². The highest BCUT2D eigenvalue weighted by molar-refractivity contribution is 5.74. The third kappa shape index (κ3) is 2.75. The molecule has 1 aliphatic heterocycles. The molecule has 1 saturated carbocycles. The Morgan fingerprint density at radius 2 is 1.89 bits per heavy atom. The van der Waals surface area contributed by atoms with Crippen LogP contribution in [0.3, 0.4) is 0 Å². The quantitative estimate of drug-likeness (QED) is 0.868. The van der Waals surface area contributed by atoms with Crippen LogP contribution in [0.2, 0.25) is 0 Å². The number of hydrogen-bond acceptors (Lipinski definition) is 1. The highest BCUT2D eigenvalue weighted by atomic mass is 16.2. The van der Waals surface area contributed by atoms with Crippen molar-refractivity contribution in [2.24, 2.45) is 5.41 Å². The van der Waals surface area contributed by atoms with E-state index in [1.165, 1.54) is 32.1 Å². The van der Waals surface area contributed by atoms with Crippen molar-refractivity contribution in [2.45, 2.75) is 38.6 Å². The summed E-state index contributed by atoms with van der Waals surface area (Å²) in [6, 6.07) is 10.2. The number of hydrogen-bond donors (Lipinski definition) is 1. The normalized spacial score (nSPS) is 20.9. The lowest BCUT2D eigenvalue weighted by atomic mass is 9.86. The number of likely N-dealkylation sites (tertiary alicyclic amines) is 1. The van der Waals surface area contributed by atoms with Gasteiger partial charge in [-0.25, -0.2) is 4.79 Å². The standard InChI is InChI=1S/C16H22N2O/c19-15(17-12-14-6-2-1-3-7-14)18-11-10-16(13-18)8-4-5-9-16/h1-3,6-7H,4-5,8-13H2,(H,17,19). The van der Waals surface area contributed by atoms with Crippen LogP contribution in [0.5, 0.6) is 0 Å². The molecule has 0 aromatic heterocycles. The topological polar surface area (TPSA) is 32.3 Å². The molecular formula is C16H22N2O. The molecule has 0 atom stereocenters. The van der Waals surface area contributed by atoms with Gasteiger partial charge in [-0.05, 0) is 30.2 Å². The summed E-state index contributed by atoms with van der Waals surface area (Å²) in [7, 11) is 0. The lowest BCUT2D eigenvalue weighted by Gasteiger charge is -2.23. The molecule has 2 aliphatic rings. The van der Waals surface area contributed by atoms with Gasteiger partial charge in [-0.1, -0.05) is 43.2 Å². The maximum absolute atomic E-state index is 12.2. The molecule has 0 radical (unpaired) electrons. The Kier molecular flexibility index (Phi) is 3.45. The van der Waals surface area contributed by atoms with Crippen molar-refractivity contribution in [3.05, 3.63) is 35.9 Å². The summed E-state index contributed by atoms with van der Waals surface area (Å²) in [6.07, 6.45) is 6.52. The Bertz CT molecular complexity index is 437. The van der Waals surface area contributed by atoms with E-state index < -0.39 is 0 Å². The molecule has 102 valence electrons. The van der Waals surface area contributed by atoms with Gasteiger partial charge in [-0.2, -0.15) is 0 Å². The summed E-state index contributed by atoms with van der Waals surface area (Å²) < 4.78 is 0. The van der Waals surface area contributed by atoms with Crippen molar-refractivity contribution in [3.63, 3.8) is 0 Å². The van der Waals surface area contributed by atoms with Crippen molar-refractivity contribution in [1.29, 1.82) is 0 Å². The minimum Gasteiger partial charge on any atom is -0.334 e. The van der Waals surface area contributed by atoms with Crippen molar-refractivity contribution >= 4 is 6.03 Å². The summed E-state index contributed by atoms with van der Waals surface area (Å²) in [5, 5.41) is 3.03. The van der Waals surface area contributed by atoms with E-state index >= 15 is 0 Å². The molecule has 1 heterocycles. The zero-order valence-corrected chi connectivity index (χ0v) is 11.4. The van der Waals surface area contributed by atoms with Crippen LogP contribution in [0.15, 0.2) is 30.3 Å². The van der Waals surface area contributed by atoms with Gasteiger partial charge in [0.1, 0.15) is 0 Å². The van der Waals surface area contributed by atoms with E-state index in [9.17, 15) is 4.79 Å². The number of rotatable bonds is 2. The van der Waals surface area contributed by atoms with Crippen LogP contribution < -0.4 is 5.32 Å². The minimum absolute atomic E-state index is 0.104. The van der Waals surface area contributed by atoms with Crippen molar-refractivity contribution in [2.75, 3.05) is 13.1 Å². The summed E-state index contributed by atoms with van der Waals surface area (Å²) in [4.78, 5) is 14.2. The summed E-state index contributed by atoms with van der Waals surface area (Å²) in [5.41, 5.74) is 1.62. The first-order valence-electron chi connectivity index (χ1n) is 7.34. The molecule has 1 aliphatic carbocycles. The van der Waals surface area contributed by atoms with Gasteiger partial charge in [0.15, 0.2) is 0 Å². The fourth-order valence-electron chi connectivity index (χ4n) is 3.53. The average molecular weight is 258 g/mol. The van der Waals surface area contributed by atoms with Crippen molar-refractivity contribution in [1.82, 2.24) is 10.2 Å². The van der Waals surface area contributed by atoms with Crippen LogP contribution in [-0.2, 0) is 6.54 Å². The Hall–Kier alpha value is -1.51. The Morgan fingerprint density at radius 1 is 1.16 bits per heavy atom. The molecular weight excluding hydrogens is 236 g/mol. The van der Waals surface area contributed by atoms with E-state index in [4.69, 9.17) is 0 Å². The van der Waals surface area contributed by atoms with Crippen molar-refractivity contribution < 1.29 is 4.79 Å². The van der Waals surface area contributed by atoms with Crippen LogP contribution in [0.1, 0.15) is 37.7 Å². The Morgan fingerprint density at radius 3 is 2.63 bits per heavy atom. The van der Waals surface area contributed by atoms with Gasteiger partial charge in [0.2, 0.25) is 0 Å². The van der Waals surface area contributed by atoms with Gasteiger partial charge in [-0.3, -0.25) is 0 Å². The second-order valence-electron chi connectivity index (χ2n) is 6.02. The number of carbonyl (C=O) groups excluding carboxylic acids is 1. The summed E-state index contributed by atoms with van der Waals surface area (Å²) in [6.45, 7) is 2.53. The van der Waals surface area contributed by atoms with Gasteiger partial charge in [-0.15, -0.1) is 0 Å². The lowest BCUT2D eigenvalue weighted by molar-refractivity contribution is 0.199. The van der Waals surface area contributed by atoms with Crippen LogP contribution in [0.25, 0.3) is 0 Å². The number of amides is 2. The molecule has 1 aromatic carbocycles. The van der Waals surface area contributed by atoms with Crippen LogP contribution >= 0.6 is 0 Å². The van der Waals surface area contributed by atoms with Crippen LogP contribution in [0, 0.1) is 5.41 Å². The maximum Gasteiger partial charge on any atom is 0.317 e. The predicted molar refractivity (Wildman–Crippen MR) is 75.8 cm³/mol. The third-order valence-electron chi connectivity index (χ3n) is 4.68. The second-order valence-corrected chi connectivity index (χ2v) is 6.02. The molecule has 1 aromatic rings. The molecule has 2 amide bonds. The molecule has 2 fully saturated rings. The molecule has 1 spiro atoms. The van der Waals surface area contributed by atoms with Gasteiger partial charge >= 0.3 is 6.03 Å². The monoisotopic (exact) mass is 258 g/mol. The number of nitrogens with one attached hydrogen (secondary N) is 1. The van der Waals surface area contributed by atoms with E-state index in [0.717, 1.165) is 18.7 Å². The molecule has 3 heteroatoms. The van der Waals surface area contributed by atoms with Gasteiger partial charge < -0.3 is 10.2 Å². The zero-order chi connectivity index (χ0) is 13.1. The van der Waals surface area contributed by atoms with E-state index in [1.807, 2.05) is 35.2 Å². The largest absolute Gasteiger partial charge is 0.334 e. The zero-order valence-electron chi connectivity index (χ0n) is 11.4. The lowest BCUT2D eigenvalue weighted by Crippen LogP contribution is -2.39.